The quantitative estimate of drug-likeness (QED) is 0.586. The van der Waals surface area contributed by atoms with E-state index in [1.54, 1.807) is 0 Å². The molecule has 20 heavy (non-hydrogen) atoms. The second-order valence-corrected chi connectivity index (χ2v) is 4.18. The minimum absolute atomic E-state index is 0.912. The van der Waals surface area contributed by atoms with E-state index in [0.717, 1.165) is 5.33 Å². The summed E-state index contributed by atoms with van der Waals surface area (Å²) < 4.78 is 0. The molecule has 2 aromatic rings. The second-order valence-electron chi connectivity index (χ2n) is 3.62. The fourth-order valence-electron chi connectivity index (χ4n) is 1.47. The highest BCUT2D eigenvalue weighted by Gasteiger charge is 1.90. The first kappa shape index (κ1) is 17.6. The Bertz CT molecular complexity index is 533. The van der Waals surface area contributed by atoms with Crippen molar-refractivity contribution in [3.63, 3.8) is 0 Å². The Balaban J connectivity index is 0.000000829. The van der Waals surface area contributed by atoms with Crippen LogP contribution in [0.3, 0.4) is 0 Å². The van der Waals surface area contributed by atoms with E-state index in [1.165, 1.54) is 16.7 Å². The molecule has 0 aliphatic rings. The maximum absolute atomic E-state index is 6.50. The predicted octanol–water partition coefficient (Wildman–Crippen LogP) is 5.03. The van der Waals surface area contributed by atoms with Gasteiger partial charge in [-0.3, -0.25) is 0 Å². The Kier molecular flexibility index (Phi) is 10.3. The van der Waals surface area contributed by atoms with Gasteiger partial charge in [-0.2, -0.15) is 0 Å². The minimum atomic E-state index is 0.912. The van der Waals surface area contributed by atoms with Crippen LogP contribution < -0.4 is 0 Å². The first-order valence-electron chi connectivity index (χ1n) is 5.78. The molecule has 0 unspecified atom stereocenters. The Morgan fingerprint density at radius 3 is 1.65 bits per heavy atom. The van der Waals surface area contributed by atoms with Crippen LogP contribution in [-0.4, -0.2) is 0 Å². The average Bonchev–Trinajstić information content (AvgIpc) is 2.58. The van der Waals surface area contributed by atoms with Gasteiger partial charge in [-0.05, 0) is 16.7 Å². The fraction of sp³-hybridized carbons (Fsp3) is 0.0588. The third-order valence-electron chi connectivity index (χ3n) is 2.40. The standard InChI is InChI=1S/C15H13Br.2CHN/c16-12-15-10-8-14(9-11-15)7-6-13-4-2-1-3-5-13;2*1-2/h1-11H,12H2;2*1H. The zero-order valence-electron chi connectivity index (χ0n) is 11.0. The molecule has 2 aromatic carbocycles. The first-order chi connectivity index (χ1) is 9.88. The third kappa shape index (κ3) is 6.54. The van der Waals surface area contributed by atoms with E-state index >= 15 is 0 Å². The van der Waals surface area contributed by atoms with Crippen LogP contribution in [0.1, 0.15) is 16.7 Å². The fourth-order valence-corrected chi connectivity index (χ4v) is 1.85. The molecule has 2 nitrogen and oxygen atoms in total. The first-order valence-corrected chi connectivity index (χ1v) is 6.90. The van der Waals surface area contributed by atoms with E-state index in [-0.39, 0.29) is 0 Å². The maximum Gasteiger partial charge on any atom is 0.0462 e. The molecule has 0 aliphatic carbocycles. The smallest absolute Gasteiger partial charge is 0.0462 e. The highest BCUT2D eigenvalue weighted by Crippen LogP contribution is 2.11. The zero-order valence-corrected chi connectivity index (χ0v) is 12.6. The zero-order chi connectivity index (χ0) is 15.2. The monoisotopic (exact) mass is 326 g/mol. The van der Waals surface area contributed by atoms with E-state index in [1.807, 2.05) is 18.2 Å². The summed E-state index contributed by atoms with van der Waals surface area (Å²) in [6.45, 7) is 7.00. The summed E-state index contributed by atoms with van der Waals surface area (Å²) in [4.78, 5) is 0. The molecule has 0 saturated carbocycles. The summed E-state index contributed by atoms with van der Waals surface area (Å²) in [5.41, 5.74) is 3.76. The normalized spacial score (nSPS) is 8.85. The van der Waals surface area contributed by atoms with Crippen LogP contribution in [0.5, 0.6) is 0 Å². The van der Waals surface area contributed by atoms with E-state index in [4.69, 9.17) is 10.5 Å². The van der Waals surface area contributed by atoms with Gasteiger partial charge >= 0.3 is 0 Å². The number of benzene rings is 2. The lowest BCUT2D eigenvalue weighted by atomic mass is 10.1. The Morgan fingerprint density at radius 1 is 0.750 bits per heavy atom. The number of rotatable bonds is 3. The van der Waals surface area contributed by atoms with Gasteiger partial charge in [0.1, 0.15) is 0 Å². The lowest BCUT2D eigenvalue weighted by Gasteiger charge is -1.97. The number of alkyl halides is 1. The van der Waals surface area contributed by atoms with Crippen molar-refractivity contribution >= 4 is 28.1 Å². The lowest BCUT2D eigenvalue weighted by molar-refractivity contribution is 1.43. The van der Waals surface area contributed by atoms with Crippen molar-refractivity contribution in [2.24, 2.45) is 0 Å². The van der Waals surface area contributed by atoms with Crippen molar-refractivity contribution in [2.75, 3.05) is 0 Å². The molecule has 0 fully saturated rings. The molecule has 0 saturated heterocycles. The largest absolute Gasteiger partial charge is 0.202 e. The van der Waals surface area contributed by atoms with Crippen LogP contribution in [0.2, 0.25) is 0 Å². The third-order valence-corrected chi connectivity index (χ3v) is 3.05. The molecule has 0 atom stereocenters. The molecular weight excluding hydrogens is 312 g/mol. The van der Waals surface area contributed by atoms with Crippen molar-refractivity contribution < 1.29 is 0 Å². The number of nitriles is 2. The van der Waals surface area contributed by atoms with Crippen LogP contribution in [0.15, 0.2) is 54.6 Å². The van der Waals surface area contributed by atoms with Crippen molar-refractivity contribution in [3.05, 3.63) is 71.3 Å². The minimum Gasteiger partial charge on any atom is -0.202 e. The van der Waals surface area contributed by atoms with Crippen LogP contribution >= 0.6 is 15.9 Å². The van der Waals surface area contributed by atoms with Gasteiger partial charge in [0.05, 0.1) is 0 Å². The van der Waals surface area contributed by atoms with Gasteiger partial charge < -0.3 is 0 Å². The number of hydrogen-bond acceptors (Lipinski definition) is 2. The second kappa shape index (κ2) is 11.7. The molecule has 0 bridgehead atoms. The van der Waals surface area contributed by atoms with Gasteiger partial charge in [0.15, 0.2) is 0 Å². The van der Waals surface area contributed by atoms with Crippen LogP contribution in [0.4, 0.5) is 0 Å². The van der Waals surface area contributed by atoms with E-state index < -0.39 is 0 Å². The molecule has 0 heterocycles. The molecule has 0 N–H and O–H groups in total. The van der Waals surface area contributed by atoms with Crippen molar-refractivity contribution in [3.8, 4) is 13.1 Å². The Hall–Kier alpha value is -2.36. The van der Waals surface area contributed by atoms with Gasteiger partial charge in [0, 0.05) is 18.5 Å². The number of hydrogen-bond donors (Lipinski definition) is 0. The number of nitrogens with zero attached hydrogens (tertiary/aromatic N) is 2. The molecule has 100 valence electrons. The van der Waals surface area contributed by atoms with Gasteiger partial charge in [-0.1, -0.05) is 82.7 Å². The summed E-state index contributed by atoms with van der Waals surface area (Å²) in [7, 11) is 0. The van der Waals surface area contributed by atoms with Crippen LogP contribution in [-0.2, 0) is 5.33 Å². The van der Waals surface area contributed by atoms with Crippen LogP contribution in [0.25, 0.3) is 12.2 Å². The van der Waals surface area contributed by atoms with Gasteiger partial charge in [-0.15, -0.1) is 0 Å². The van der Waals surface area contributed by atoms with Crippen molar-refractivity contribution in [1.82, 2.24) is 0 Å². The van der Waals surface area contributed by atoms with Gasteiger partial charge in [0.2, 0.25) is 0 Å². The topological polar surface area (TPSA) is 47.6 Å². The maximum atomic E-state index is 6.50. The molecule has 0 aromatic heterocycles. The summed E-state index contributed by atoms with van der Waals surface area (Å²) in [5, 5.41) is 13.9. The van der Waals surface area contributed by atoms with E-state index in [2.05, 4.69) is 77.6 Å². The van der Waals surface area contributed by atoms with Crippen molar-refractivity contribution in [1.29, 1.82) is 10.5 Å². The summed E-state index contributed by atoms with van der Waals surface area (Å²) in [6, 6.07) is 18.9. The highest BCUT2D eigenvalue weighted by molar-refractivity contribution is 9.08. The lowest BCUT2D eigenvalue weighted by Crippen LogP contribution is -1.77. The van der Waals surface area contributed by atoms with E-state index in [0.29, 0.717) is 0 Å². The molecular formula is C17H15BrN2. The highest BCUT2D eigenvalue weighted by atomic mass is 79.9. The molecule has 0 radical (unpaired) electrons. The summed E-state index contributed by atoms with van der Waals surface area (Å²) in [6.07, 6.45) is 4.26. The Morgan fingerprint density at radius 2 is 1.20 bits per heavy atom. The summed E-state index contributed by atoms with van der Waals surface area (Å²) >= 11 is 3.44. The molecule has 0 amide bonds. The summed E-state index contributed by atoms with van der Waals surface area (Å²) in [5.74, 6) is 0. The molecule has 0 spiro atoms. The van der Waals surface area contributed by atoms with Crippen LogP contribution in [0, 0.1) is 23.7 Å². The van der Waals surface area contributed by atoms with E-state index in [9.17, 15) is 0 Å². The Labute approximate surface area is 128 Å². The van der Waals surface area contributed by atoms with Crippen molar-refractivity contribution in [2.45, 2.75) is 5.33 Å². The SMILES string of the molecule is BrCc1ccc(C=Cc2ccccc2)cc1.C#N.C#N. The molecule has 2 rings (SSSR count). The predicted molar refractivity (Wildman–Crippen MR) is 87.8 cm³/mol. The molecule has 0 aliphatic heterocycles. The molecule has 3 heteroatoms. The van der Waals surface area contributed by atoms with Gasteiger partial charge in [0.25, 0.3) is 0 Å². The van der Waals surface area contributed by atoms with Gasteiger partial charge in [-0.25, -0.2) is 10.5 Å². The average molecular weight is 327 g/mol. The number of halogens is 1.